The van der Waals surface area contributed by atoms with Crippen LogP contribution in [0.1, 0.15) is 20.8 Å². The Hall–Kier alpha value is -1.77. The van der Waals surface area contributed by atoms with Crippen LogP contribution in [0.15, 0.2) is 39.4 Å². The first kappa shape index (κ1) is 12.7. The van der Waals surface area contributed by atoms with Gasteiger partial charge in [-0.3, -0.25) is 0 Å². The minimum Gasteiger partial charge on any atom is -0.477 e. The summed E-state index contributed by atoms with van der Waals surface area (Å²) in [7, 11) is 0. The predicted molar refractivity (Wildman–Crippen MR) is 71.3 cm³/mol. The van der Waals surface area contributed by atoms with Crippen molar-refractivity contribution in [2.45, 2.75) is 16.7 Å². The van der Waals surface area contributed by atoms with Gasteiger partial charge in [0.2, 0.25) is 0 Å². The van der Waals surface area contributed by atoms with Crippen LogP contribution in [0.25, 0.3) is 0 Å². The van der Waals surface area contributed by atoms with Gasteiger partial charge in [0.25, 0.3) is 0 Å². The van der Waals surface area contributed by atoms with Crippen molar-refractivity contribution in [3.05, 3.63) is 45.6 Å². The van der Waals surface area contributed by atoms with Gasteiger partial charge in [0.05, 0.1) is 5.56 Å². The lowest BCUT2D eigenvalue weighted by atomic mass is 10.2. The topological polar surface area (TPSA) is 61.1 Å². The van der Waals surface area contributed by atoms with Gasteiger partial charge in [-0.25, -0.2) is 4.79 Å². The third-order valence-corrected chi connectivity index (χ3v) is 4.37. The highest BCUT2D eigenvalue weighted by Crippen LogP contribution is 2.33. The van der Waals surface area contributed by atoms with Crippen LogP contribution in [-0.2, 0) is 0 Å². The van der Waals surface area contributed by atoms with E-state index >= 15 is 0 Å². The summed E-state index contributed by atoms with van der Waals surface area (Å²) in [4.78, 5) is 12.8. The van der Waals surface area contributed by atoms with Gasteiger partial charge < -0.3 is 5.11 Å². The summed E-state index contributed by atoms with van der Waals surface area (Å²) >= 11 is 2.61. The summed E-state index contributed by atoms with van der Waals surface area (Å²) < 4.78 is 0. The Bertz CT molecular complexity index is 641. The van der Waals surface area contributed by atoms with Crippen LogP contribution < -0.4 is 0 Å². The van der Waals surface area contributed by atoms with Gasteiger partial charge in [0.1, 0.15) is 10.9 Å². The average Bonchev–Trinajstić information content (AvgIpc) is 2.78. The van der Waals surface area contributed by atoms with E-state index in [2.05, 4.69) is 6.07 Å². The van der Waals surface area contributed by atoms with Crippen LogP contribution in [0.3, 0.4) is 0 Å². The first-order valence-corrected chi connectivity index (χ1v) is 6.80. The van der Waals surface area contributed by atoms with E-state index in [1.807, 2.05) is 19.1 Å². The Morgan fingerprint density at radius 2 is 2.22 bits per heavy atom. The fourth-order valence-electron chi connectivity index (χ4n) is 1.42. The quantitative estimate of drug-likeness (QED) is 0.926. The van der Waals surface area contributed by atoms with Gasteiger partial charge in [0, 0.05) is 15.2 Å². The van der Waals surface area contributed by atoms with Crippen molar-refractivity contribution in [2.24, 2.45) is 0 Å². The predicted octanol–water partition coefficient (Wildman–Crippen LogP) is 3.78. The molecule has 0 saturated carbocycles. The van der Waals surface area contributed by atoms with Gasteiger partial charge >= 0.3 is 5.97 Å². The summed E-state index contributed by atoms with van der Waals surface area (Å²) in [6.45, 7) is 1.96. The number of carboxylic acids is 1. The second-order valence-electron chi connectivity index (χ2n) is 3.67. The molecule has 3 nitrogen and oxygen atoms in total. The molecular formula is C13H9NO2S2. The Morgan fingerprint density at radius 1 is 1.44 bits per heavy atom. The number of aryl methyl sites for hydroxylation is 1. The molecule has 0 radical (unpaired) electrons. The minimum absolute atomic E-state index is 0.309. The van der Waals surface area contributed by atoms with Crippen molar-refractivity contribution in [3.63, 3.8) is 0 Å². The van der Waals surface area contributed by atoms with E-state index in [0.29, 0.717) is 10.4 Å². The van der Waals surface area contributed by atoms with E-state index in [-0.39, 0.29) is 0 Å². The van der Waals surface area contributed by atoms with Crippen LogP contribution in [-0.4, -0.2) is 11.1 Å². The molecule has 1 heterocycles. The third kappa shape index (κ3) is 2.73. The zero-order valence-corrected chi connectivity index (χ0v) is 11.1. The molecule has 2 aromatic rings. The Morgan fingerprint density at radius 3 is 2.83 bits per heavy atom. The van der Waals surface area contributed by atoms with E-state index < -0.39 is 5.97 Å². The lowest BCUT2D eigenvalue weighted by Gasteiger charge is -2.03. The largest absolute Gasteiger partial charge is 0.477 e. The highest BCUT2D eigenvalue weighted by molar-refractivity contribution is 7.99. The SMILES string of the molecule is Cc1ccc(C#N)c(Sc2csc(C(=O)O)c2)c1. The maximum absolute atomic E-state index is 10.8. The van der Waals surface area contributed by atoms with Crippen molar-refractivity contribution in [1.29, 1.82) is 5.26 Å². The number of aromatic carboxylic acids is 1. The molecule has 1 N–H and O–H groups in total. The Labute approximate surface area is 113 Å². The number of hydrogen-bond donors (Lipinski definition) is 1. The Kier molecular flexibility index (Phi) is 3.70. The normalized spacial score (nSPS) is 10.0. The maximum Gasteiger partial charge on any atom is 0.345 e. The molecule has 0 spiro atoms. The lowest BCUT2D eigenvalue weighted by molar-refractivity contribution is 0.0702. The van der Waals surface area contributed by atoms with E-state index in [0.717, 1.165) is 15.4 Å². The average molecular weight is 275 g/mol. The molecule has 0 aliphatic carbocycles. The van der Waals surface area contributed by atoms with Crippen LogP contribution in [0, 0.1) is 18.3 Å². The fourth-order valence-corrected chi connectivity index (χ4v) is 3.34. The maximum atomic E-state index is 10.8. The van der Waals surface area contributed by atoms with Gasteiger partial charge in [0.15, 0.2) is 0 Å². The summed E-state index contributed by atoms with van der Waals surface area (Å²) in [6.07, 6.45) is 0. The first-order valence-electron chi connectivity index (χ1n) is 5.10. The zero-order valence-electron chi connectivity index (χ0n) is 9.51. The van der Waals surface area contributed by atoms with Gasteiger partial charge in [-0.15, -0.1) is 11.3 Å². The lowest BCUT2D eigenvalue weighted by Crippen LogP contribution is -1.89. The van der Waals surface area contributed by atoms with Crippen molar-refractivity contribution >= 4 is 29.1 Å². The molecule has 5 heteroatoms. The number of carbonyl (C=O) groups is 1. The monoisotopic (exact) mass is 275 g/mol. The molecule has 0 aliphatic heterocycles. The van der Waals surface area contributed by atoms with E-state index in [4.69, 9.17) is 10.4 Å². The number of thiophene rings is 1. The van der Waals surface area contributed by atoms with E-state index in [1.165, 1.54) is 23.1 Å². The van der Waals surface area contributed by atoms with E-state index in [9.17, 15) is 4.79 Å². The van der Waals surface area contributed by atoms with Gasteiger partial charge in [-0.1, -0.05) is 17.8 Å². The molecular weight excluding hydrogens is 266 g/mol. The zero-order chi connectivity index (χ0) is 13.1. The van der Waals surface area contributed by atoms with Gasteiger partial charge in [-0.2, -0.15) is 5.26 Å². The first-order chi connectivity index (χ1) is 8.60. The molecule has 0 atom stereocenters. The standard InChI is InChI=1S/C13H9NO2S2/c1-8-2-3-9(6-14)11(4-8)18-10-5-12(13(15)16)17-7-10/h2-5,7H,1H3,(H,15,16). The molecule has 1 aromatic heterocycles. The van der Waals surface area contributed by atoms with Crippen LogP contribution in [0.4, 0.5) is 0 Å². The third-order valence-electron chi connectivity index (χ3n) is 2.27. The number of hydrogen-bond acceptors (Lipinski definition) is 4. The summed E-state index contributed by atoms with van der Waals surface area (Å²) in [6, 6.07) is 9.36. The molecule has 90 valence electrons. The number of nitrogens with zero attached hydrogens (tertiary/aromatic N) is 1. The molecule has 0 saturated heterocycles. The number of nitriles is 1. The minimum atomic E-state index is -0.920. The number of carboxylic acid groups (broad SMARTS) is 1. The molecule has 0 aliphatic rings. The smallest absolute Gasteiger partial charge is 0.345 e. The fraction of sp³-hybridized carbons (Fsp3) is 0.0769. The molecule has 1 aromatic carbocycles. The molecule has 2 rings (SSSR count). The van der Waals surface area contributed by atoms with Crippen LogP contribution in [0.5, 0.6) is 0 Å². The van der Waals surface area contributed by atoms with Crippen molar-refractivity contribution in [1.82, 2.24) is 0 Å². The van der Waals surface area contributed by atoms with Crippen LogP contribution in [0.2, 0.25) is 0 Å². The van der Waals surface area contributed by atoms with Crippen LogP contribution >= 0.6 is 23.1 Å². The summed E-state index contributed by atoms with van der Waals surface area (Å²) in [5.41, 5.74) is 1.68. The molecule has 0 amide bonds. The molecule has 0 fully saturated rings. The molecule has 18 heavy (non-hydrogen) atoms. The summed E-state index contributed by atoms with van der Waals surface area (Å²) in [5, 5.41) is 19.7. The van der Waals surface area contributed by atoms with Gasteiger partial charge in [-0.05, 0) is 30.7 Å². The Balaban J connectivity index is 2.30. The second-order valence-corrected chi connectivity index (χ2v) is 5.69. The number of benzene rings is 1. The van der Waals surface area contributed by atoms with Crippen molar-refractivity contribution < 1.29 is 9.90 Å². The molecule has 0 bridgehead atoms. The molecule has 0 unspecified atom stereocenters. The van der Waals surface area contributed by atoms with E-state index in [1.54, 1.807) is 17.5 Å². The second kappa shape index (κ2) is 5.25. The number of rotatable bonds is 3. The van der Waals surface area contributed by atoms with Crippen molar-refractivity contribution in [3.8, 4) is 6.07 Å². The van der Waals surface area contributed by atoms with Crippen molar-refractivity contribution in [2.75, 3.05) is 0 Å². The highest BCUT2D eigenvalue weighted by atomic mass is 32.2. The summed E-state index contributed by atoms with van der Waals surface area (Å²) in [5.74, 6) is -0.920. The highest BCUT2D eigenvalue weighted by Gasteiger charge is 2.10.